The first-order valence-electron chi connectivity index (χ1n) is 3.87. The summed E-state index contributed by atoms with van der Waals surface area (Å²) in [7, 11) is 0. The predicted molar refractivity (Wildman–Crippen MR) is 52.8 cm³/mol. The first kappa shape index (κ1) is 10.7. The van der Waals surface area contributed by atoms with Crippen molar-refractivity contribution in [2.75, 3.05) is 0 Å². The molecular formula is C10H8ClFO2. The standard InChI is InChI=1S/C10H8ClFO2/c1-6-4-8(11)7(5-9(6)12)2-3-10(13)14/h2-5H,1H3,(H,13,14). The lowest BCUT2D eigenvalue weighted by molar-refractivity contribution is -0.131. The fourth-order valence-corrected chi connectivity index (χ4v) is 1.23. The molecule has 0 aliphatic heterocycles. The Hall–Kier alpha value is -1.35. The third-order valence-corrected chi connectivity index (χ3v) is 2.01. The summed E-state index contributed by atoms with van der Waals surface area (Å²) >= 11 is 5.77. The minimum atomic E-state index is -1.10. The molecule has 0 saturated heterocycles. The Kier molecular flexibility index (Phi) is 3.25. The molecule has 0 saturated carbocycles. The predicted octanol–water partition coefficient (Wildman–Crippen LogP) is 2.89. The molecule has 0 heterocycles. The molecule has 0 aliphatic rings. The summed E-state index contributed by atoms with van der Waals surface area (Å²) < 4.78 is 13.0. The highest BCUT2D eigenvalue weighted by Gasteiger charge is 2.03. The van der Waals surface area contributed by atoms with Crippen molar-refractivity contribution in [3.8, 4) is 0 Å². The number of aryl methyl sites for hydroxylation is 1. The topological polar surface area (TPSA) is 37.3 Å². The largest absolute Gasteiger partial charge is 0.478 e. The second-order valence-electron chi connectivity index (χ2n) is 2.79. The number of carboxylic acid groups (broad SMARTS) is 1. The van der Waals surface area contributed by atoms with Gasteiger partial charge in [-0.3, -0.25) is 0 Å². The Bertz CT molecular complexity index is 399. The second-order valence-corrected chi connectivity index (χ2v) is 3.20. The molecule has 1 N–H and O–H groups in total. The smallest absolute Gasteiger partial charge is 0.328 e. The number of benzene rings is 1. The van der Waals surface area contributed by atoms with Crippen molar-refractivity contribution in [2.45, 2.75) is 6.92 Å². The van der Waals surface area contributed by atoms with Crippen LogP contribution in [0.1, 0.15) is 11.1 Å². The summed E-state index contributed by atoms with van der Waals surface area (Å²) in [4.78, 5) is 10.2. The van der Waals surface area contributed by atoms with E-state index in [0.717, 1.165) is 6.08 Å². The van der Waals surface area contributed by atoms with Gasteiger partial charge in [0.25, 0.3) is 0 Å². The van der Waals surface area contributed by atoms with E-state index in [4.69, 9.17) is 16.7 Å². The number of rotatable bonds is 2. The van der Waals surface area contributed by atoms with Crippen molar-refractivity contribution >= 4 is 23.6 Å². The lowest BCUT2D eigenvalue weighted by Gasteiger charge is -2.01. The maximum atomic E-state index is 13.0. The highest BCUT2D eigenvalue weighted by Crippen LogP contribution is 2.21. The van der Waals surface area contributed by atoms with Crippen LogP contribution in [0.25, 0.3) is 6.08 Å². The summed E-state index contributed by atoms with van der Waals surface area (Å²) in [6.07, 6.45) is 2.17. The molecule has 0 amide bonds. The van der Waals surface area contributed by atoms with E-state index >= 15 is 0 Å². The molecule has 0 atom stereocenters. The number of carboxylic acids is 1. The van der Waals surface area contributed by atoms with Crippen LogP contribution >= 0.6 is 11.6 Å². The molecule has 0 unspecified atom stereocenters. The molecule has 1 aromatic carbocycles. The molecule has 0 bridgehead atoms. The molecule has 74 valence electrons. The van der Waals surface area contributed by atoms with Crippen LogP contribution in [0, 0.1) is 12.7 Å². The van der Waals surface area contributed by atoms with Crippen molar-refractivity contribution in [3.63, 3.8) is 0 Å². The van der Waals surface area contributed by atoms with Crippen LogP contribution in [0.5, 0.6) is 0 Å². The Morgan fingerprint density at radius 2 is 2.21 bits per heavy atom. The monoisotopic (exact) mass is 214 g/mol. The third kappa shape index (κ3) is 2.57. The quantitative estimate of drug-likeness (QED) is 0.769. The molecule has 1 rings (SSSR count). The van der Waals surface area contributed by atoms with E-state index in [1.807, 2.05) is 0 Å². The van der Waals surface area contributed by atoms with Crippen molar-refractivity contribution in [1.29, 1.82) is 0 Å². The number of halogens is 2. The summed E-state index contributed by atoms with van der Waals surface area (Å²) in [5.74, 6) is -1.50. The Morgan fingerprint density at radius 1 is 1.57 bits per heavy atom. The molecular weight excluding hydrogens is 207 g/mol. The molecule has 0 spiro atoms. The number of aliphatic carboxylic acids is 1. The van der Waals surface area contributed by atoms with Gasteiger partial charge in [-0.05, 0) is 36.3 Å². The lowest BCUT2D eigenvalue weighted by atomic mass is 10.1. The Labute approximate surface area is 85.6 Å². The fraction of sp³-hybridized carbons (Fsp3) is 0.100. The van der Waals surface area contributed by atoms with Gasteiger partial charge < -0.3 is 5.11 Å². The van der Waals surface area contributed by atoms with Gasteiger partial charge in [-0.15, -0.1) is 0 Å². The summed E-state index contributed by atoms with van der Waals surface area (Å²) in [6.45, 7) is 1.59. The molecule has 0 aromatic heterocycles. The molecule has 0 radical (unpaired) electrons. The van der Waals surface area contributed by atoms with Crippen molar-refractivity contribution < 1.29 is 14.3 Å². The van der Waals surface area contributed by atoms with Gasteiger partial charge in [0.15, 0.2) is 0 Å². The van der Waals surface area contributed by atoms with E-state index < -0.39 is 11.8 Å². The number of carbonyl (C=O) groups is 1. The van der Waals surface area contributed by atoms with Crippen LogP contribution in [-0.4, -0.2) is 11.1 Å². The molecule has 14 heavy (non-hydrogen) atoms. The Morgan fingerprint density at radius 3 is 2.79 bits per heavy atom. The normalized spacial score (nSPS) is 10.8. The molecule has 1 aromatic rings. The van der Waals surface area contributed by atoms with Crippen LogP contribution < -0.4 is 0 Å². The van der Waals surface area contributed by atoms with Gasteiger partial charge in [-0.2, -0.15) is 0 Å². The van der Waals surface area contributed by atoms with Gasteiger partial charge in [-0.1, -0.05) is 11.6 Å². The third-order valence-electron chi connectivity index (χ3n) is 1.68. The minimum Gasteiger partial charge on any atom is -0.478 e. The maximum absolute atomic E-state index is 13.0. The average molecular weight is 215 g/mol. The molecule has 4 heteroatoms. The van der Waals surface area contributed by atoms with Crippen molar-refractivity contribution in [3.05, 3.63) is 40.2 Å². The zero-order valence-corrected chi connectivity index (χ0v) is 8.18. The van der Waals surface area contributed by atoms with Crippen molar-refractivity contribution in [2.24, 2.45) is 0 Å². The number of hydrogen-bond donors (Lipinski definition) is 1. The van der Waals surface area contributed by atoms with E-state index in [1.165, 1.54) is 18.2 Å². The van der Waals surface area contributed by atoms with Gasteiger partial charge in [0, 0.05) is 11.1 Å². The first-order chi connectivity index (χ1) is 6.50. The highest BCUT2D eigenvalue weighted by atomic mass is 35.5. The van der Waals surface area contributed by atoms with Gasteiger partial charge in [0.2, 0.25) is 0 Å². The molecule has 0 fully saturated rings. The van der Waals surface area contributed by atoms with Crippen LogP contribution in [0.4, 0.5) is 4.39 Å². The Balaban J connectivity index is 3.10. The second kappa shape index (κ2) is 4.24. The van der Waals surface area contributed by atoms with Crippen molar-refractivity contribution in [1.82, 2.24) is 0 Å². The van der Waals surface area contributed by atoms with E-state index in [-0.39, 0.29) is 0 Å². The highest BCUT2D eigenvalue weighted by molar-refractivity contribution is 6.32. The van der Waals surface area contributed by atoms with Crippen LogP contribution in [0.15, 0.2) is 18.2 Å². The zero-order chi connectivity index (χ0) is 10.7. The van der Waals surface area contributed by atoms with E-state index in [0.29, 0.717) is 16.1 Å². The van der Waals surface area contributed by atoms with E-state index in [2.05, 4.69) is 0 Å². The van der Waals surface area contributed by atoms with Gasteiger partial charge >= 0.3 is 5.97 Å². The summed E-state index contributed by atoms with van der Waals surface area (Å²) in [5.41, 5.74) is 0.791. The first-order valence-corrected chi connectivity index (χ1v) is 4.25. The van der Waals surface area contributed by atoms with E-state index in [1.54, 1.807) is 6.92 Å². The lowest BCUT2D eigenvalue weighted by Crippen LogP contribution is -1.88. The zero-order valence-electron chi connectivity index (χ0n) is 7.42. The SMILES string of the molecule is Cc1cc(Cl)c(C=CC(=O)O)cc1F. The van der Waals surface area contributed by atoms with Crippen LogP contribution in [0.3, 0.4) is 0 Å². The van der Waals surface area contributed by atoms with Gasteiger partial charge in [0.1, 0.15) is 5.82 Å². The van der Waals surface area contributed by atoms with Gasteiger partial charge in [-0.25, -0.2) is 9.18 Å². The fourth-order valence-electron chi connectivity index (χ4n) is 0.950. The van der Waals surface area contributed by atoms with E-state index in [9.17, 15) is 9.18 Å². The van der Waals surface area contributed by atoms with Gasteiger partial charge in [0.05, 0.1) is 0 Å². The summed E-state index contributed by atoms with van der Waals surface area (Å²) in [5, 5.41) is 8.70. The maximum Gasteiger partial charge on any atom is 0.328 e. The minimum absolute atomic E-state index is 0.335. The number of hydrogen-bond acceptors (Lipinski definition) is 1. The average Bonchev–Trinajstić information content (AvgIpc) is 2.09. The van der Waals surface area contributed by atoms with Crippen LogP contribution in [0.2, 0.25) is 5.02 Å². The summed E-state index contributed by atoms with van der Waals surface area (Å²) in [6, 6.07) is 2.66. The van der Waals surface area contributed by atoms with Crippen LogP contribution in [-0.2, 0) is 4.79 Å². The molecule has 0 aliphatic carbocycles. The molecule has 2 nitrogen and oxygen atoms in total.